The summed E-state index contributed by atoms with van der Waals surface area (Å²) in [6, 6.07) is 0. The van der Waals surface area contributed by atoms with Gasteiger partial charge in [-0.05, 0) is 6.92 Å². The summed E-state index contributed by atoms with van der Waals surface area (Å²) in [6.07, 6.45) is 1.32. The minimum absolute atomic E-state index is 0.210. The molecular formula is C7H13N3O2. The fraction of sp³-hybridized carbons (Fsp3) is 0.571. The van der Waals surface area contributed by atoms with E-state index in [4.69, 9.17) is 0 Å². The lowest BCUT2D eigenvalue weighted by atomic mass is 10.5. The van der Waals surface area contributed by atoms with Crippen LogP contribution in [0.25, 0.3) is 0 Å². The molecule has 1 N–H and O–H groups in total. The van der Waals surface area contributed by atoms with Crippen LogP contribution >= 0.6 is 0 Å². The van der Waals surface area contributed by atoms with Crippen LogP contribution in [0.15, 0.2) is 6.20 Å². The van der Waals surface area contributed by atoms with Gasteiger partial charge in [0, 0.05) is 0 Å². The van der Waals surface area contributed by atoms with Gasteiger partial charge in [-0.15, -0.1) is 5.10 Å². The molecule has 0 spiro atoms. The number of aromatic amines is 1. The molecule has 0 amide bonds. The van der Waals surface area contributed by atoms with Crippen LogP contribution in [0.2, 0.25) is 0 Å². The molecule has 0 aromatic carbocycles. The van der Waals surface area contributed by atoms with Crippen LogP contribution in [0.1, 0.15) is 31.3 Å². The van der Waals surface area contributed by atoms with Crippen LogP contribution in [0.5, 0.6) is 0 Å². The number of carbonyl (C=O) groups is 1. The molecule has 0 saturated carbocycles. The largest absolute Gasteiger partial charge is 0.461 e. The van der Waals surface area contributed by atoms with E-state index in [2.05, 4.69) is 20.1 Å². The Morgan fingerprint density at radius 2 is 2.33 bits per heavy atom. The number of H-pyrrole nitrogens is 1. The lowest BCUT2D eigenvalue weighted by molar-refractivity contribution is 0.0519. The minimum atomic E-state index is -0.448. The fourth-order valence-corrected chi connectivity index (χ4v) is 0.505. The molecule has 0 fully saturated rings. The second kappa shape index (κ2) is 6.33. The summed E-state index contributed by atoms with van der Waals surface area (Å²) in [5, 5.41) is 9.28. The zero-order valence-corrected chi connectivity index (χ0v) is 7.50. The van der Waals surface area contributed by atoms with E-state index in [-0.39, 0.29) is 5.69 Å². The highest BCUT2D eigenvalue weighted by Gasteiger charge is 2.07. The lowest BCUT2D eigenvalue weighted by Crippen LogP contribution is -2.04. The highest BCUT2D eigenvalue weighted by Crippen LogP contribution is 1.91. The standard InChI is InChI=1S/C5H7N3O2.C2H6/c1-2-10-5(9)4-3-6-8-7-4;1-2/h3H,2H2,1H3,(H,6,7,8);1-2H3. The molecule has 5 nitrogen and oxygen atoms in total. The SMILES string of the molecule is CC.CCOC(=O)c1cn[nH]n1. The molecule has 1 aromatic rings. The lowest BCUT2D eigenvalue weighted by Gasteiger charge is -1.94. The van der Waals surface area contributed by atoms with Gasteiger partial charge in [-0.3, -0.25) is 0 Å². The number of nitrogens with zero attached hydrogens (tertiary/aromatic N) is 2. The molecule has 1 aromatic heterocycles. The van der Waals surface area contributed by atoms with E-state index in [0.29, 0.717) is 6.61 Å². The van der Waals surface area contributed by atoms with E-state index in [1.807, 2.05) is 13.8 Å². The van der Waals surface area contributed by atoms with Gasteiger partial charge in [0.2, 0.25) is 0 Å². The highest BCUT2D eigenvalue weighted by atomic mass is 16.5. The van der Waals surface area contributed by atoms with E-state index < -0.39 is 5.97 Å². The van der Waals surface area contributed by atoms with Crippen LogP contribution in [0.4, 0.5) is 0 Å². The monoisotopic (exact) mass is 171 g/mol. The molecule has 1 rings (SSSR count). The van der Waals surface area contributed by atoms with Crippen molar-refractivity contribution in [3.8, 4) is 0 Å². The maximum absolute atomic E-state index is 10.8. The second-order valence-corrected chi connectivity index (χ2v) is 1.58. The maximum atomic E-state index is 10.8. The summed E-state index contributed by atoms with van der Waals surface area (Å²) in [5.74, 6) is -0.448. The average Bonchev–Trinajstić information content (AvgIpc) is 2.60. The van der Waals surface area contributed by atoms with Gasteiger partial charge in [0.15, 0.2) is 5.69 Å². The summed E-state index contributed by atoms with van der Waals surface area (Å²) in [6.45, 7) is 6.09. The molecule has 12 heavy (non-hydrogen) atoms. The van der Waals surface area contributed by atoms with Crippen molar-refractivity contribution >= 4 is 5.97 Å². The summed E-state index contributed by atoms with van der Waals surface area (Å²) in [7, 11) is 0. The molecule has 68 valence electrons. The van der Waals surface area contributed by atoms with Gasteiger partial charge < -0.3 is 4.74 Å². The molecule has 0 aliphatic carbocycles. The van der Waals surface area contributed by atoms with Crippen molar-refractivity contribution in [2.75, 3.05) is 6.61 Å². The smallest absolute Gasteiger partial charge is 0.360 e. The molecular weight excluding hydrogens is 158 g/mol. The first-order valence-corrected chi connectivity index (χ1v) is 3.87. The zero-order valence-electron chi connectivity index (χ0n) is 7.50. The average molecular weight is 171 g/mol. The Bertz CT molecular complexity index is 208. The number of esters is 1. The van der Waals surface area contributed by atoms with Gasteiger partial charge in [0.25, 0.3) is 0 Å². The second-order valence-electron chi connectivity index (χ2n) is 1.58. The number of hydrogen-bond donors (Lipinski definition) is 1. The number of aromatic nitrogens is 3. The summed E-state index contributed by atoms with van der Waals surface area (Å²) < 4.78 is 4.62. The van der Waals surface area contributed by atoms with E-state index in [1.165, 1.54) is 6.20 Å². The summed E-state index contributed by atoms with van der Waals surface area (Å²) in [4.78, 5) is 10.8. The zero-order chi connectivity index (χ0) is 9.40. The van der Waals surface area contributed by atoms with Crippen LogP contribution in [0.3, 0.4) is 0 Å². The third kappa shape index (κ3) is 3.14. The number of nitrogens with one attached hydrogen (secondary N) is 1. The van der Waals surface area contributed by atoms with Crippen molar-refractivity contribution in [1.82, 2.24) is 15.4 Å². The van der Waals surface area contributed by atoms with E-state index in [0.717, 1.165) is 0 Å². The first-order chi connectivity index (χ1) is 5.84. The first-order valence-electron chi connectivity index (χ1n) is 3.87. The van der Waals surface area contributed by atoms with Crippen LogP contribution in [-0.4, -0.2) is 28.0 Å². The predicted molar refractivity (Wildman–Crippen MR) is 43.7 cm³/mol. The predicted octanol–water partition coefficient (Wildman–Crippen LogP) is 1.01. The van der Waals surface area contributed by atoms with Crippen molar-refractivity contribution in [2.45, 2.75) is 20.8 Å². The molecule has 0 bridgehead atoms. The van der Waals surface area contributed by atoms with Gasteiger partial charge in [0.1, 0.15) is 0 Å². The molecule has 5 heteroatoms. The molecule has 1 heterocycles. The van der Waals surface area contributed by atoms with Crippen LogP contribution in [0, 0.1) is 0 Å². The Hall–Kier alpha value is -1.39. The van der Waals surface area contributed by atoms with Gasteiger partial charge in [-0.25, -0.2) is 4.79 Å². The normalized spacial score (nSPS) is 8.25. The van der Waals surface area contributed by atoms with E-state index >= 15 is 0 Å². The van der Waals surface area contributed by atoms with Crippen molar-refractivity contribution < 1.29 is 9.53 Å². The van der Waals surface area contributed by atoms with Crippen molar-refractivity contribution in [2.24, 2.45) is 0 Å². The van der Waals surface area contributed by atoms with E-state index in [9.17, 15) is 4.79 Å². The van der Waals surface area contributed by atoms with Crippen molar-refractivity contribution in [1.29, 1.82) is 0 Å². The molecule has 0 aliphatic heterocycles. The molecule has 0 unspecified atom stereocenters. The third-order valence-corrected chi connectivity index (χ3v) is 0.900. The quantitative estimate of drug-likeness (QED) is 0.674. The molecule has 0 saturated heterocycles. The Kier molecular flexibility index (Phi) is 5.60. The molecule has 0 radical (unpaired) electrons. The first kappa shape index (κ1) is 10.6. The minimum Gasteiger partial charge on any atom is -0.461 e. The Morgan fingerprint density at radius 3 is 2.75 bits per heavy atom. The number of ether oxygens (including phenoxy) is 1. The molecule has 0 aliphatic rings. The number of carbonyl (C=O) groups excluding carboxylic acids is 1. The molecule has 0 atom stereocenters. The number of hydrogen-bond acceptors (Lipinski definition) is 4. The van der Waals surface area contributed by atoms with Crippen molar-refractivity contribution in [3.05, 3.63) is 11.9 Å². The van der Waals surface area contributed by atoms with Crippen LogP contribution < -0.4 is 0 Å². The Labute approximate surface area is 71.1 Å². The van der Waals surface area contributed by atoms with Gasteiger partial charge in [0.05, 0.1) is 12.8 Å². The van der Waals surface area contributed by atoms with Crippen molar-refractivity contribution in [3.63, 3.8) is 0 Å². The Morgan fingerprint density at radius 1 is 1.67 bits per heavy atom. The topological polar surface area (TPSA) is 67.9 Å². The van der Waals surface area contributed by atoms with Crippen LogP contribution in [-0.2, 0) is 4.74 Å². The van der Waals surface area contributed by atoms with E-state index in [1.54, 1.807) is 6.92 Å². The Balaban J connectivity index is 0.000000561. The number of rotatable bonds is 2. The third-order valence-electron chi connectivity index (χ3n) is 0.900. The van der Waals surface area contributed by atoms with Gasteiger partial charge in [-0.2, -0.15) is 10.3 Å². The van der Waals surface area contributed by atoms with Gasteiger partial charge in [-0.1, -0.05) is 13.8 Å². The fourth-order valence-electron chi connectivity index (χ4n) is 0.505. The highest BCUT2D eigenvalue weighted by molar-refractivity contribution is 5.86. The van der Waals surface area contributed by atoms with Gasteiger partial charge >= 0.3 is 5.97 Å². The maximum Gasteiger partial charge on any atom is 0.360 e. The summed E-state index contributed by atoms with van der Waals surface area (Å²) in [5.41, 5.74) is 0.210. The summed E-state index contributed by atoms with van der Waals surface area (Å²) >= 11 is 0.